The van der Waals surface area contributed by atoms with Crippen LogP contribution in [0.2, 0.25) is 0 Å². The standard InChI is InChI=1S/C14H24N2O3/c1-10(2)6-15-7-12(17)8-16(9-14(15)19)13(18)5-11-3-4-11/h10-12,17H,3-9H2,1-2H3. The van der Waals surface area contributed by atoms with E-state index in [1.165, 1.54) is 4.90 Å². The maximum Gasteiger partial charge on any atom is 0.242 e. The topological polar surface area (TPSA) is 60.9 Å². The molecule has 108 valence electrons. The van der Waals surface area contributed by atoms with E-state index < -0.39 is 6.10 Å². The first-order valence-electron chi connectivity index (χ1n) is 7.19. The third kappa shape index (κ3) is 4.20. The number of rotatable bonds is 4. The Morgan fingerprint density at radius 1 is 1.37 bits per heavy atom. The normalized spacial score (nSPS) is 24.8. The number of amides is 2. The summed E-state index contributed by atoms with van der Waals surface area (Å²) >= 11 is 0. The molecule has 0 radical (unpaired) electrons. The maximum atomic E-state index is 12.1. The number of aliphatic hydroxyl groups is 1. The van der Waals surface area contributed by atoms with Gasteiger partial charge >= 0.3 is 0 Å². The van der Waals surface area contributed by atoms with Gasteiger partial charge in [0.25, 0.3) is 0 Å². The van der Waals surface area contributed by atoms with Gasteiger partial charge in [0.1, 0.15) is 0 Å². The maximum absolute atomic E-state index is 12.1. The zero-order valence-corrected chi connectivity index (χ0v) is 11.8. The average molecular weight is 268 g/mol. The Bertz CT molecular complexity index is 353. The van der Waals surface area contributed by atoms with Crippen LogP contribution in [0, 0.1) is 11.8 Å². The monoisotopic (exact) mass is 268 g/mol. The first kappa shape index (κ1) is 14.3. The molecular formula is C14H24N2O3. The van der Waals surface area contributed by atoms with Crippen molar-refractivity contribution < 1.29 is 14.7 Å². The van der Waals surface area contributed by atoms with E-state index in [-0.39, 0.29) is 24.9 Å². The molecular weight excluding hydrogens is 244 g/mol. The summed E-state index contributed by atoms with van der Waals surface area (Å²) in [7, 11) is 0. The molecule has 1 aliphatic heterocycles. The van der Waals surface area contributed by atoms with Crippen molar-refractivity contribution >= 4 is 11.8 Å². The fourth-order valence-corrected chi connectivity index (χ4v) is 2.50. The average Bonchev–Trinajstić information content (AvgIpc) is 3.10. The van der Waals surface area contributed by atoms with E-state index in [9.17, 15) is 14.7 Å². The summed E-state index contributed by atoms with van der Waals surface area (Å²) in [5, 5.41) is 9.97. The summed E-state index contributed by atoms with van der Waals surface area (Å²) < 4.78 is 0. The molecule has 2 fully saturated rings. The van der Waals surface area contributed by atoms with E-state index >= 15 is 0 Å². The highest BCUT2D eigenvalue weighted by Crippen LogP contribution is 2.33. The number of aliphatic hydroxyl groups excluding tert-OH is 1. The summed E-state index contributed by atoms with van der Waals surface area (Å²) in [4.78, 5) is 27.4. The van der Waals surface area contributed by atoms with Crippen molar-refractivity contribution in [2.24, 2.45) is 11.8 Å². The number of hydrogen-bond acceptors (Lipinski definition) is 3. The van der Waals surface area contributed by atoms with Crippen LogP contribution >= 0.6 is 0 Å². The molecule has 5 nitrogen and oxygen atoms in total. The Kier molecular flexibility index (Phi) is 4.45. The summed E-state index contributed by atoms with van der Waals surface area (Å²) in [6, 6.07) is 0. The minimum Gasteiger partial charge on any atom is -0.389 e. The van der Waals surface area contributed by atoms with Gasteiger partial charge < -0.3 is 14.9 Å². The predicted octanol–water partition coefficient (Wildman–Crippen LogP) is 0.474. The predicted molar refractivity (Wildman–Crippen MR) is 71.3 cm³/mol. The quantitative estimate of drug-likeness (QED) is 0.806. The second-order valence-corrected chi connectivity index (χ2v) is 6.27. The lowest BCUT2D eigenvalue weighted by molar-refractivity contribution is -0.139. The van der Waals surface area contributed by atoms with Crippen LogP contribution < -0.4 is 0 Å². The third-order valence-electron chi connectivity index (χ3n) is 3.64. The van der Waals surface area contributed by atoms with Gasteiger partial charge in [-0.25, -0.2) is 0 Å². The Hall–Kier alpha value is -1.10. The SMILES string of the molecule is CC(C)CN1CC(O)CN(C(=O)CC2CC2)CC1=O. The molecule has 1 atom stereocenters. The van der Waals surface area contributed by atoms with E-state index in [2.05, 4.69) is 0 Å². The summed E-state index contributed by atoms with van der Waals surface area (Å²) in [5.41, 5.74) is 0. The molecule has 1 unspecified atom stereocenters. The van der Waals surface area contributed by atoms with Gasteiger partial charge in [0.15, 0.2) is 0 Å². The number of nitrogens with zero attached hydrogens (tertiary/aromatic N) is 2. The van der Waals surface area contributed by atoms with Gasteiger partial charge in [-0.2, -0.15) is 0 Å². The van der Waals surface area contributed by atoms with E-state index in [4.69, 9.17) is 0 Å². The minimum absolute atomic E-state index is 0.0151. The molecule has 1 N–H and O–H groups in total. The van der Waals surface area contributed by atoms with Crippen molar-refractivity contribution in [3.8, 4) is 0 Å². The summed E-state index contributed by atoms with van der Waals surface area (Å²) in [6.45, 7) is 5.47. The molecule has 2 amide bonds. The van der Waals surface area contributed by atoms with Crippen molar-refractivity contribution in [1.82, 2.24) is 9.80 Å². The van der Waals surface area contributed by atoms with Gasteiger partial charge in [-0.3, -0.25) is 9.59 Å². The molecule has 19 heavy (non-hydrogen) atoms. The van der Waals surface area contributed by atoms with Crippen LogP contribution in [0.1, 0.15) is 33.1 Å². The van der Waals surface area contributed by atoms with Gasteiger partial charge in [-0.15, -0.1) is 0 Å². The molecule has 0 aromatic rings. The first-order valence-corrected chi connectivity index (χ1v) is 7.19. The van der Waals surface area contributed by atoms with Crippen LogP contribution in [-0.4, -0.2) is 59.0 Å². The molecule has 2 aliphatic rings. The second kappa shape index (κ2) is 5.90. The van der Waals surface area contributed by atoms with E-state index in [1.54, 1.807) is 4.90 Å². The smallest absolute Gasteiger partial charge is 0.242 e. The Morgan fingerprint density at radius 3 is 2.63 bits per heavy atom. The van der Waals surface area contributed by atoms with Crippen molar-refractivity contribution in [1.29, 1.82) is 0 Å². The van der Waals surface area contributed by atoms with Gasteiger partial charge in [-0.1, -0.05) is 13.8 Å². The Labute approximate surface area is 114 Å². The number of hydrogen-bond donors (Lipinski definition) is 1. The highest BCUT2D eigenvalue weighted by Gasteiger charge is 2.32. The summed E-state index contributed by atoms with van der Waals surface area (Å²) in [5.74, 6) is 0.843. The van der Waals surface area contributed by atoms with Gasteiger partial charge in [0.05, 0.1) is 12.6 Å². The highest BCUT2D eigenvalue weighted by atomic mass is 16.3. The fraction of sp³-hybridized carbons (Fsp3) is 0.857. The first-order chi connectivity index (χ1) is 8.95. The van der Waals surface area contributed by atoms with Gasteiger partial charge in [-0.05, 0) is 24.7 Å². The van der Waals surface area contributed by atoms with Crippen LogP contribution in [-0.2, 0) is 9.59 Å². The molecule has 0 bridgehead atoms. The number of carbonyl (C=O) groups is 2. The van der Waals surface area contributed by atoms with Crippen molar-refractivity contribution in [2.75, 3.05) is 26.2 Å². The van der Waals surface area contributed by atoms with E-state index in [0.717, 1.165) is 12.8 Å². The molecule has 2 rings (SSSR count). The minimum atomic E-state index is -0.631. The number of β-amino-alcohol motifs (C(OH)–C–C–N with tert-alkyl or cyclic N) is 1. The molecule has 0 aromatic carbocycles. The van der Waals surface area contributed by atoms with Crippen LogP contribution in [0.5, 0.6) is 0 Å². The van der Waals surface area contributed by atoms with Crippen LogP contribution in [0.25, 0.3) is 0 Å². The molecule has 1 aliphatic carbocycles. The molecule has 5 heteroatoms. The Morgan fingerprint density at radius 2 is 2.05 bits per heavy atom. The van der Waals surface area contributed by atoms with Crippen LogP contribution in [0.3, 0.4) is 0 Å². The van der Waals surface area contributed by atoms with Crippen molar-refractivity contribution in [2.45, 2.75) is 39.2 Å². The molecule has 1 saturated heterocycles. The second-order valence-electron chi connectivity index (χ2n) is 6.27. The lowest BCUT2D eigenvalue weighted by atomic mass is 10.2. The fourth-order valence-electron chi connectivity index (χ4n) is 2.50. The molecule has 1 heterocycles. The molecule has 0 aromatic heterocycles. The van der Waals surface area contributed by atoms with E-state index in [0.29, 0.717) is 31.3 Å². The molecule has 0 spiro atoms. The molecule has 1 saturated carbocycles. The van der Waals surface area contributed by atoms with Gasteiger partial charge in [0, 0.05) is 26.1 Å². The lowest BCUT2D eigenvalue weighted by Crippen LogP contribution is -2.40. The number of carbonyl (C=O) groups excluding carboxylic acids is 2. The Balaban J connectivity index is 1.96. The van der Waals surface area contributed by atoms with Crippen molar-refractivity contribution in [3.05, 3.63) is 0 Å². The third-order valence-corrected chi connectivity index (χ3v) is 3.64. The zero-order valence-electron chi connectivity index (χ0n) is 11.8. The van der Waals surface area contributed by atoms with Crippen LogP contribution in [0.15, 0.2) is 0 Å². The van der Waals surface area contributed by atoms with Gasteiger partial charge in [0.2, 0.25) is 11.8 Å². The van der Waals surface area contributed by atoms with Crippen molar-refractivity contribution in [3.63, 3.8) is 0 Å². The largest absolute Gasteiger partial charge is 0.389 e. The lowest BCUT2D eigenvalue weighted by Gasteiger charge is -2.23. The summed E-state index contributed by atoms with van der Waals surface area (Å²) in [6.07, 6.45) is 2.14. The van der Waals surface area contributed by atoms with E-state index in [1.807, 2.05) is 13.8 Å². The zero-order chi connectivity index (χ0) is 14.0. The highest BCUT2D eigenvalue weighted by molar-refractivity contribution is 5.85. The van der Waals surface area contributed by atoms with Crippen LogP contribution in [0.4, 0.5) is 0 Å².